The molecule has 0 bridgehead atoms. The molecule has 1 fully saturated rings. The van der Waals surface area contributed by atoms with Crippen LogP contribution >= 0.6 is 0 Å². The molecule has 2 N–H and O–H groups in total. The van der Waals surface area contributed by atoms with Gasteiger partial charge >= 0.3 is 0 Å². The van der Waals surface area contributed by atoms with Gasteiger partial charge in [0, 0.05) is 6.04 Å². The van der Waals surface area contributed by atoms with Crippen molar-refractivity contribution in [3.8, 4) is 0 Å². The molecule has 1 unspecified atom stereocenters. The van der Waals surface area contributed by atoms with E-state index in [4.69, 9.17) is 0 Å². The van der Waals surface area contributed by atoms with Crippen LogP contribution in [0, 0.1) is 11.6 Å². The third kappa shape index (κ3) is 4.88. The van der Waals surface area contributed by atoms with Crippen LogP contribution in [-0.2, 0) is 6.42 Å². The van der Waals surface area contributed by atoms with Gasteiger partial charge in [-0.05, 0) is 63.0 Å². The standard InChI is InChI=1S/C15H22F2N2/c16-14-5-4-12(11-15(14)17)6-9-18-10-7-13-3-1-2-8-19-13/h4-5,11,13,18-19H,1-3,6-10H2. The van der Waals surface area contributed by atoms with Crippen molar-refractivity contribution in [2.75, 3.05) is 19.6 Å². The molecule has 1 heterocycles. The third-order valence-electron chi connectivity index (χ3n) is 3.66. The van der Waals surface area contributed by atoms with E-state index in [-0.39, 0.29) is 0 Å². The monoisotopic (exact) mass is 268 g/mol. The first-order valence-corrected chi connectivity index (χ1v) is 7.14. The zero-order valence-corrected chi connectivity index (χ0v) is 11.2. The lowest BCUT2D eigenvalue weighted by molar-refractivity contribution is 0.377. The minimum Gasteiger partial charge on any atom is -0.316 e. The van der Waals surface area contributed by atoms with Gasteiger partial charge in [-0.15, -0.1) is 0 Å². The molecule has 106 valence electrons. The smallest absolute Gasteiger partial charge is 0.159 e. The van der Waals surface area contributed by atoms with Gasteiger partial charge in [-0.25, -0.2) is 8.78 Å². The van der Waals surface area contributed by atoms with Gasteiger partial charge in [0.05, 0.1) is 0 Å². The summed E-state index contributed by atoms with van der Waals surface area (Å²) < 4.78 is 25.7. The van der Waals surface area contributed by atoms with Crippen molar-refractivity contribution >= 4 is 0 Å². The van der Waals surface area contributed by atoms with E-state index in [1.807, 2.05) is 0 Å². The van der Waals surface area contributed by atoms with Crippen molar-refractivity contribution in [2.45, 2.75) is 38.1 Å². The molecule has 2 nitrogen and oxygen atoms in total. The highest BCUT2D eigenvalue weighted by atomic mass is 19.2. The quantitative estimate of drug-likeness (QED) is 0.775. The summed E-state index contributed by atoms with van der Waals surface area (Å²) in [5.74, 6) is -1.54. The Morgan fingerprint density at radius 3 is 2.79 bits per heavy atom. The average molecular weight is 268 g/mol. The minimum atomic E-state index is -0.778. The van der Waals surface area contributed by atoms with Gasteiger partial charge in [0.15, 0.2) is 11.6 Å². The summed E-state index contributed by atoms with van der Waals surface area (Å²) in [6.45, 7) is 2.92. The second-order valence-electron chi connectivity index (χ2n) is 5.18. The maximum atomic E-state index is 13.0. The van der Waals surface area contributed by atoms with Crippen LogP contribution in [0.1, 0.15) is 31.2 Å². The summed E-state index contributed by atoms with van der Waals surface area (Å²) in [5.41, 5.74) is 0.835. The first kappa shape index (κ1) is 14.4. The number of nitrogens with one attached hydrogen (secondary N) is 2. The topological polar surface area (TPSA) is 24.1 Å². The fraction of sp³-hybridized carbons (Fsp3) is 0.600. The normalized spacial score (nSPS) is 19.6. The van der Waals surface area contributed by atoms with Crippen LogP contribution in [0.25, 0.3) is 0 Å². The second-order valence-corrected chi connectivity index (χ2v) is 5.18. The van der Waals surface area contributed by atoms with Crippen molar-refractivity contribution in [1.82, 2.24) is 10.6 Å². The number of halogens is 2. The maximum Gasteiger partial charge on any atom is 0.159 e. The maximum absolute atomic E-state index is 13.0. The van der Waals surface area contributed by atoms with Crippen LogP contribution in [0.3, 0.4) is 0 Å². The van der Waals surface area contributed by atoms with Gasteiger partial charge in [0.25, 0.3) is 0 Å². The highest BCUT2D eigenvalue weighted by molar-refractivity contribution is 5.17. The molecule has 2 rings (SSSR count). The second kappa shape index (κ2) is 7.56. The van der Waals surface area contributed by atoms with Crippen molar-refractivity contribution < 1.29 is 8.78 Å². The van der Waals surface area contributed by atoms with Crippen LogP contribution in [0.4, 0.5) is 8.78 Å². The Hall–Kier alpha value is -1.00. The first-order chi connectivity index (χ1) is 9.25. The lowest BCUT2D eigenvalue weighted by Gasteiger charge is -2.23. The molecule has 0 amide bonds. The molecule has 1 atom stereocenters. The zero-order valence-electron chi connectivity index (χ0n) is 11.2. The molecule has 0 spiro atoms. The highest BCUT2D eigenvalue weighted by Gasteiger charge is 2.11. The van der Waals surface area contributed by atoms with Crippen LogP contribution < -0.4 is 10.6 Å². The number of piperidine rings is 1. The van der Waals surface area contributed by atoms with Crippen molar-refractivity contribution in [2.24, 2.45) is 0 Å². The molecule has 1 aliphatic rings. The Labute approximate surface area is 113 Å². The van der Waals surface area contributed by atoms with Gasteiger partial charge in [-0.3, -0.25) is 0 Å². The molecular formula is C15H22F2N2. The summed E-state index contributed by atoms with van der Waals surface area (Å²) in [4.78, 5) is 0. The van der Waals surface area contributed by atoms with Gasteiger partial charge in [0.2, 0.25) is 0 Å². The summed E-state index contributed by atoms with van der Waals surface area (Å²) >= 11 is 0. The van der Waals surface area contributed by atoms with E-state index in [9.17, 15) is 8.78 Å². The van der Waals surface area contributed by atoms with E-state index < -0.39 is 11.6 Å². The summed E-state index contributed by atoms with van der Waals surface area (Å²) in [7, 11) is 0. The summed E-state index contributed by atoms with van der Waals surface area (Å²) in [6, 6.07) is 4.75. The largest absolute Gasteiger partial charge is 0.316 e. The molecule has 1 aromatic carbocycles. The number of hydrogen-bond acceptors (Lipinski definition) is 2. The lowest BCUT2D eigenvalue weighted by Crippen LogP contribution is -2.36. The molecule has 4 heteroatoms. The van der Waals surface area contributed by atoms with Gasteiger partial charge < -0.3 is 10.6 Å². The highest BCUT2D eigenvalue weighted by Crippen LogP contribution is 2.10. The van der Waals surface area contributed by atoms with Crippen molar-refractivity contribution in [3.63, 3.8) is 0 Å². The summed E-state index contributed by atoms with van der Waals surface area (Å²) in [5, 5.41) is 6.87. The Balaban J connectivity index is 1.59. The van der Waals surface area contributed by atoms with Gasteiger partial charge in [0.1, 0.15) is 0 Å². The van der Waals surface area contributed by atoms with E-state index in [2.05, 4.69) is 10.6 Å². The lowest BCUT2D eigenvalue weighted by atomic mass is 10.0. The van der Waals surface area contributed by atoms with Gasteiger partial charge in [-0.1, -0.05) is 12.5 Å². The van der Waals surface area contributed by atoms with E-state index in [0.717, 1.165) is 38.0 Å². The van der Waals surface area contributed by atoms with Crippen LogP contribution in [0.15, 0.2) is 18.2 Å². The van der Waals surface area contributed by atoms with E-state index >= 15 is 0 Å². The van der Waals surface area contributed by atoms with Crippen LogP contribution in [0.5, 0.6) is 0 Å². The predicted octanol–water partition coefficient (Wildman–Crippen LogP) is 2.63. The molecule has 19 heavy (non-hydrogen) atoms. The fourth-order valence-electron chi connectivity index (χ4n) is 2.50. The van der Waals surface area contributed by atoms with Crippen molar-refractivity contribution in [3.05, 3.63) is 35.4 Å². The van der Waals surface area contributed by atoms with E-state index in [0.29, 0.717) is 6.04 Å². The third-order valence-corrected chi connectivity index (χ3v) is 3.66. The molecule has 1 saturated heterocycles. The summed E-state index contributed by atoms with van der Waals surface area (Å²) in [6.07, 6.45) is 5.75. The molecule has 0 saturated carbocycles. The SMILES string of the molecule is Fc1ccc(CCNCCC2CCCCN2)cc1F. The van der Waals surface area contributed by atoms with Crippen molar-refractivity contribution in [1.29, 1.82) is 0 Å². The molecule has 0 aromatic heterocycles. The van der Waals surface area contributed by atoms with E-state index in [1.165, 1.54) is 31.4 Å². The fourth-order valence-corrected chi connectivity index (χ4v) is 2.50. The Morgan fingerprint density at radius 1 is 1.16 bits per heavy atom. The molecule has 0 aliphatic carbocycles. The Morgan fingerprint density at radius 2 is 2.05 bits per heavy atom. The van der Waals surface area contributed by atoms with Gasteiger partial charge in [-0.2, -0.15) is 0 Å². The molecule has 1 aliphatic heterocycles. The van der Waals surface area contributed by atoms with Crippen LogP contribution in [-0.4, -0.2) is 25.7 Å². The average Bonchev–Trinajstić information content (AvgIpc) is 2.43. The number of rotatable bonds is 6. The Bertz CT molecular complexity index is 390. The minimum absolute atomic E-state index is 0.643. The van der Waals surface area contributed by atoms with E-state index in [1.54, 1.807) is 6.07 Å². The Kier molecular flexibility index (Phi) is 5.73. The first-order valence-electron chi connectivity index (χ1n) is 7.14. The molecular weight excluding hydrogens is 246 g/mol. The molecule has 1 aromatic rings. The number of hydrogen-bond donors (Lipinski definition) is 2. The van der Waals surface area contributed by atoms with Crippen LogP contribution in [0.2, 0.25) is 0 Å². The predicted molar refractivity (Wildman–Crippen MR) is 73.2 cm³/mol. The number of benzene rings is 1. The molecule has 0 radical (unpaired) electrons. The zero-order chi connectivity index (χ0) is 13.5.